The fraction of sp³-hybridized carbons (Fsp3) is 0.538. The van der Waals surface area contributed by atoms with E-state index in [-0.39, 0.29) is 23.0 Å². The molecule has 1 aromatic heterocycles. The molecule has 0 unspecified atom stereocenters. The molecule has 1 aliphatic rings. The number of aromatic nitrogens is 1. The second-order valence-corrected chi connectivity index (χ2v) is 5.37. The summed E-state index contributed by atoms with van der Waals surface area (Å²) in [7, 11) is 4.04. The zero-order valence-corrected chi connectivity index (χ0v) is 12.2. The molecule has 114 valence electrons. The third-order valence-electron chi connectivity index (χ3n) is 3.83. The molecule has 1 aromatic rings. The molecule has 1 saturated heterocycles. The van der Waals surface area contributed by atoms with Crippen LogP contribution in [0.3, 0.4) is 0 Å². The molecule has 2 heterocycles. The van der Waals surface area contributed by atoms with Gasteiger partial charge in [-0.1, -0.05) is 0 Å². The maximum atomic E-state index is 12.4. The lowest BCUT2D eigenvalue weighted by Crippen LogP contribution is -2.44. The van der Waals surface area contributed by atoms with E-state index in [1.165, 1.54) is 6.07 Å². The predicted molar refractivity (Wildman–Crippen MR) is 77.9 cm³/mol. The summed E-state index contributed by atoms with van der Waals surface area (Å²) in [6.07, 6.45) is 2.81. The third kappa shape index (κ3) is 3.27. The zero-order valence-electron chi connectivity index (χ0n) is 12.2. The first-order valence-corrected chi connectivity index (χ1v) is 6.75. The molecule has 2 rings (SSSR count). The second-order valence-electron chi connectivity index (χ2n) is 5.37. The Morgan fingerprint density at radius 2 is 2.10 bits per heavy atom. The normalized spacial score (nSPS) is 16.2. The molecule has 0 bridgehead atoms. The lowest BCUT2D eigenvalue weighted by Gasteiger charge is -2.35. The molecule has 1 amide bonds. The van der Waals surface area contributed by atoms with E-state index >= 15 is 0 Å². The Labute approximate surface area is 122 Å². The van der Waals surface area contributed by atoms with Gasteiger partial charge < -0.3 is 15.5 Å². The number of hydrogen-bond acceptors (Lipinski definition) is 6. The standard InChI is InChI=1S/C13H19N5O3/c1-16(2)9-3-5-17(6-4-9)13(19)11-7-10(18(20)21)8-15-12(11)14/h7-9H,3-6H2,1-2H3,(H2,14,15). The highest BCUT2D eigenvalue weighted by atomic mass is 16.6. The minimum atomic E-state index is -0.582. The molecule has 0 spiro atoms. The van der Waals surface area contributed by atoms with Crippen LogP contribution in [0.15, 0.2) is 12.3 Å². The third-order valence-corrected chi connectivity index (χ3v) is 3.83. The number of nitro groups is 1. The summed E-state index contributed by atoms with van der Waals surface area (Å²) in [5, 5.41) is 10.8. The smallest absolute Gasteiger partial charge is 0.288 e. The average Bonchev–Trinajstić information content (AvgIpc) is 2.47. The number of nitrogens with two attached hydrogens (primary N) is 1. The topological polar surface area (TPSA) is 106 Å². The van der Waals surface area contributed by atoms with Gasteiger partial charge in [-0.15, -0.1) is 0 Å². The van der Waals surface area contributed by atoms with Crippen molar-refractivity contribution in [3.63, 3.8) is 0 Å². The molecule has 1 fully saturated rings. The summed E-state index contributed by atoms with van der Waals surface area (Å²) in [6.45, 7) is 1.23. The highest BCUT2D eigenvalue weighted by Crippen LogP contribution is 2.21. The lowest BCUT2D eigenvalue weighted by atomic mass is 10.0. The fourth-order valence-corrected chi connectivity index (χ4v) is 2.49. The Bertz CT molecular complexity index is 553. The number of carbonyl (C=O) groups excluding carboxylic acids is 1. The molecular weight excluding hydrogens is 274 g/mol. The van der Waals surface area contributed by atoms with Crippen LogP contribution in [-0.4, -0.2) is 58.8 Å². The monoisotopic (exact) mass is 293 g/mol. The van der Waals surface area contributed by atoms with Crippen LogP contribution in [0.25, 0.3) is 0 Å². The van der Waals surface area contributed by atoms with Crippen LogP contribution < -0.4 is 5.73 Å². The highest BCUT2D eigenvalue weighted by molar-refractivity contribution is 5.98. The fourth-order valence-electron chi connectivity index (χ4n) is 2.49. The summed E-state index contributed by atoms with van der Waals surface area (Å²) in [5.41, 5.74) is 5.56. The van der Waals surface area contributed by atoms with Crippen LogP contribution in [-0.2, 0) is 0 Å². The Morgan fingerprint density at radius 1 is 1.48 bits per heavy atom. The van der Waals surface area contributed by atoms with Gasteiger partial charge in [-0.2, -0.15) is 0 Å². The van der Waals surface area contributed by atoms with Crippen molar-refractivity contribution in [2.75, 3.05) is 32.9 Å². The van der Waals surface area contributed by atoms with Gasteiger partial charge in [0.1, 0.15) is 12.0 Å². The van der Waals surface area contributed by atoms with Gasteiger partial charge >= 0.3 is 0 Å². The summed E-state index contributed by atoms with van der Waals surface area (Å²) in [4.78, 5) is 30.2. The Hall–Kier alpha value is -2.22. The Balaban J connectivity index is 2.14. The van der Waals surface area contributed by atoms with E-state index in [0.29, 0.717) is 19.1 Å². The number of anilines is 1. The minimum absolute atomic E-state index is 0.0281. The SMILES string of the molecule is CN(C)C1CCN(C(=O)c2cc([N+](=O)[O-])cnc2N)CC1. The van der Waals surface area contributed by atoms with Crippen LogP contribution >= 0.6 is 0 Å². The molecule has 8 heteroatoms. The van der Waals surface area contributed by atoms with Crippen molar-refractivity contribution in [2.45, 2.75) is 18.9 Å². The summed E-state index contributed by atoms with van der Waals surface area (Å²) in [6, 6.07) is 1.65. The zero-order chi connectivity index (χ0) is 15.6. The first kappa shape index (κ1) is 15.2. The van der Waals surface area contributed by atoms with Gasteiger partial charge in [-0.05, 0) is 26.9 Å². The van der Waals surface area contributed by atoms with Crippen molar-refractivity contribution >= 4 is 17.4 Å². The van der Waals surface area contributed by atoms with Crippen molar-refractivity contribution in [3.8, 4) is 0 Å². The van der Waals surface area contributed by atoms with Crippen LogP contribution in [0, 0.1) is 10.1 Å². The van der Waals surface area contributed by atoms with Crippen LogP contribution in [0.1, 0.15) is 23.2 Å². The number of hydrogen-bond donors (Lipinski definition) is 1. The molecule has 0 aromatic carbocycles. The Morgan fingerprint density at radius 3 is 2.62 bits per heavy atom. The van der Waals surface area contributed by atoms with Gasteiger partial charge in [-0.25, -0.2) is 4.98 Å². The molecule has 2 N–H and O–H groups in total. The van der Waals surface area contributed by atoms with E-state index in [9.17, 15) is 14.9 Å². The quantitative estimate of drug-likeness (QED) is 0.650. The van der Waals surface area contributed by atoms with Crippen molar-refractivity contribution in [1.82, 2.24) is 14.8 Å². The number of rotatable bonds is 3. The average molecular weight is 293 g/mol. The van der Waals surface area contributed by atoms with Gasteiger partial charge in [-0.3, -0.25) is 14.9 Å². The van der Waals surface area contributed by atoms with Gasteiger partial charge in [0.05, 0.1) is 10.5 Å². The van der Waals surface area contributed by atoms with E-state index in [1.807, 2.05) is 14.1 Å². The number of pyridine rings is 1. The number of carbonyl (C=O) groups is 1. The number of piperidine rings is 1. The maximum absolute atomic E-state index is 12.4. The van der Waals surface area contributed by atoms with Crippen molar-refractivity contribution < 1.29 is 9.72 Å². The predicted octanol–water partition coefficient (Wildman–Crippen LogP) is 0.738. The van der Waals surface area contributed by atoms with Gasteiger partial charge in [0.25, 0.3) is 11.6 Å². The second kappa shape index (κ2) is 6.04. The maximum Gasteiger partial charge on any atom is 0.288 e. The van der Waals surface area contributed by atoms with Gasteiger partial charge in [0, 0.05) is 25.2 Å². The highest BCUT2D eigenvalue weighted by Gasteiger charge is 2.27. The van der Waals surface area contributed by atoms with Crippen LogP contribution in [0.4, 0.5) is 11.5 Å². The summed E-state index contributed by atoms with van der Waals surface area (Å²) >= 11 is 0. The number of likely N-dealkylation sites (tertiary alicyclic amines) is 1. The van der Waals surface area contributed by atoms with Gasteiger partial charge in [0.2, 0.25) is 0 Å². The van der Waals surface area contributed by atoms with Crippen LogP contribution in [0.5, 0.6) is 0 Å². The number of amides is 1. The number of nitrogen functional groups attached to an aromatic ring is 1. The Kier molecular flexibility index (Phi) is 4.37. The van der Waals surface area contributed by atoms with Crippen molar-refractivity contribution in [3.05, 3.63) is 27.9 Å². The molecule has 0 atom stereocenters. The summed E-state index contributed by atoms with van der Waals surface area (Å²) in [5.74, 6) is -0.263. The van der Waals surface area contributed by atoms with Crippen molar-refractivity contribution in [2.24, 2.45) is 0 Å². The number of nitrogens with zero attached hydrogens (tertiary/aromatic N) is 4. The van der Waals surface area contributed by atoms with Crippen molar-refractivity contribution in [1.29, 1.82) is 0 Å². The molecule has 8 nitrogen and oxygen atoms in total. The summed E-state index contributed by atoms with van der Waals surface area (Å²) < 4.78 is 0. The molecule has 0 aliphatic carbocycles. The molecule has 0 radical (unpaired) electrons. The first-order valence-electron chi connectivity index (χ1n) is 6.75. The molecule has 0 saturated carbocycles. The van der Waals surface area contributed by atoms with E-state index in [4.69, 9.17) is 5.73 Å². The van der Waals surface area contributed by atoms with E-state index in [1.54, 1.807) is 4.90 Å². The molecular formula is C13H19N5O3. The molecule has 1 aliphatic heterocycles. The van der Waals surface area contributed by atoms with E-state index in [0.717, 1.165) is 19.0 Å². The minimum Gasteiger partial charge on any atom is -0.383 e. The van der Waals surface area contributed by atoms with Crippen LogP contribution in [0.2, 0.25) is 0 Å². The molecule has 21 heavy (non-hydrogen) atoms. The first-order chi connectivity index (χ1) is 9.90. The van der Waals surface area contributed by atoms with Gasteiger partial charge in [0.15, 0.2) is 0 Å². The lowest BCUT2D eigenvalue weighted by molar-refractivity contribution is -0.385. The largest absolute Gasteiger partial charge is 0.383 e. The van der Waals surface area contributed by atoms with E-state index < -0.39 is 4.92 Å². The van der Waals surface area contributed by atoms with E-state index in [2.05, 4.69) is 9.88 Å².